The van der Waals surface area contributed by atoms with E-state index in [0.29, 0.717) is 12.5 Å². The van der Waals surface area contributed by atoms with Gasteiger partial charge in [-0.05, 0) is 26.8 Å². The molecule has 1 saturated heterocycles. The highest BCUT2D eigenvalue weighted by atomic mass is 16.5. The van der Waals surface area contributed by atoms with Gasteiger partial charge in [0.1, 0.15) is 5.54 Å². The molecule has 1 fully saturated rings. The lowest BCUT2D eigenvalue weighted by Crippen LogP contribution is -2.54. The van der Waals surface area contributed by atoms with Crippen LogP contribution in [0.5, 0.6) is 0 Å². The second-order valence-corrected chi connectivity index (χ2v) is 5.44. The van der Waals surface area contributed by atoms with Crippen molar-refractivity contribution in [3.63, 3.8) is 0 Å². The maximum absolute atomic E-state index is 11.5. The van der Waals surface area contributed by atoms with Crippen LogP contribution in [-0.2, 0) is 9.53 Å². The number of carbonyl (C=O) groups is 1. The Morgan fingerprint density at radius 1 is 1.50 bits per heavy atom. The quantitative estimate of drug-likeness (QED) is 0.718. The number of ether oxygens (including phenoxy) is 1. The number of piperazine rings is 1. The lowest BCUT2D eigenvalue weighted by molar-refractivity contribution is -0.146. The summed E-state index contributed by atoms with van der Waals surface area (Å²) in [6.45, 7) is 11.3. The molecule has 0 aromatic heterocycles. The van der Waals surface area contributed by atoms with Gasteiger partial charge in [0.25, 0.3) is 0 Å². The fourth-order valence-electron chi connectivity index (χ4n) is 2.47. The van der Waals surface area contributed by atoms with Gasteiger partial charge in [-0.25, -0.2) is 0 Å². The maximum Gasteiger partial charge on any atom is 0.325 e. The molecule has 1 rings (SSSR count). The number of hydrogen-bond donors (Lipinski definition) is 1. The number of rotatable bonds is 5. The molecular weight excluding hydrogens is 230 g/mol. The molecular formula is C13H27N3O2. The summed E-state index contributed by atoms with van der Waals surface area (Å²) in [7, 11) is 1.38. The molecule has 106 valence electrons. The molecule has 0 amide bonds. The molecule has 0 aliphatic carbocycles. The van der Waals surface area contributed by atoms with Gasteiger partial charge >= 0.3 is 5.97 Å². The molecule has 0 radical (unpaired) electrons. The van der Waals surface area contributed by atoms with Crippen molar-refractivity contribution in [1.29, 1.82) is 0 Å². The monoisotopic (exact) mass is 257 g/mol. The van der Waals surface area contributed by atoms with Crippen LogP contribution < -0.4 is 5.73 Å². The van der Waals surface area contributed by atoms with E-state index in [-0.39, 0.29) is 5.97 Å². The summed E-state index contributed by atoms with van der Waals surface area (Å²) in [5.41, 5.74) is 5.09. The Morgan fingerprint density at radius 2 is 2.17 bits per heavy atom. The van der Waals surface area contributed by atoms with Crippen LogP contribution in [0.4, 0.5) is 0 Å². The molecule has 2 atom stereocenters. The third-order valence-corrected chi connectivity index (χ3v) is 3.85. The van der Waals surface area contributed by atoms with Gasteiger partial charge in [0.05, 0.1) is 7.11 Å². The van der Waals surface area contributed by atoms with Crippen LogP contribution in [-0.4, -0.2) is 67.2 Å². The van der Waals surface area contributed by atoms with E-state index in [1.54, 1.807) is 6.92 Å². The molecule has 1 heterocycles. The summed E-state index contributed by atoms with van der Waals surface area (Å²) in [5.74, 6) is -0.331. The van der Waals surface area contributed by atoms with E-state index in [4.69, 9.17) is 10.5 Å². The summed E-state index contributed by atoms with van der Waals surface area (Å²) in [6.07, 6.45) is 0.637. The Balaban J connectivity index is 2.39. The van der Waals surface area contributed by atoms with Gasteiger partial charge in [-0.1, -0.05) is 6.92 Å². The van der Waals surface area contributed by atoms with E-state index in [0.717, 1.165) is 32.7 Å². The zero-order chi connectivity index (χ0) is 13.8. The number of nitrogens with zero attached hydrogens (tertiary/aromatic N) is 2. The van der Waals surface area contributed by atoms with Gasteiger partial charge in [0.15, 0.2) is 0 Å². The van der Waals surface area contributed by atoms with E-state index in [1.807, 2.05) is 0 Å². The second kappa shape index (κ2) is 6.50. The fraction of sp³-hybridized carbons (Fsp3) is 0.923. The highest BCUT2D eigenvalue weighted by Crippen LogP contribution is 2.13. The van der Waals surface area contributed by atoms with Crippen molar-refractivity contribution in [1.82, 2.24) is 9.80 Å². The molecule has 1 aliphatic heterocycles. The molecule has 18 heavy (non-hydrogen) atoms. The zero-order valence-electron chi connectivity index (χ0n) is 12.1. The number of esters is 1. The normalized spacial score (nSPS) is 25.7. The molecule has 0 bridgehead atoms. The minimum absolute atomic E-state index is 0.331. The predicted molar refractivity (Wildman–Crippen MR) is 72.4 cm³/mol. The summed E-state index contributed by atoms with van der Waals surface area (Å²) in [5, 5.41) is 0. The Morgan fingerprint density at radius 3 is 2.67 bits per heavy atom. The van der Waals surface area contributed by atoms with E-state index >= 15 is 0 Å². The van der Waals surface area contributed by atoms with Crippen molar-refractivity contribution in [3.8, 4) is 0 Å². The van der Waals surface area contributed by atoms with Crippen LogP contribution >= 0.6 is 0 Å². The highest BCUT2D eigenvalue weighted by molar-refractivity contribution is 5.79. The molecule has 2 unspecified atom stereocenters. The summed E-state index contributed by atoms with van der Waals surface area (Å²) in [6, 6.07) is 0.575. The van der Waals surface area contributed by atoms with Crippen LogP contribution in [0, 0.1) is 0 Å². The molecule has 0 aromatic rings. The highest BCUT2D eigenvalue weighted by Gasteiger charge is 2.31. The van der Waals surface area contributed by atoms with E-state index in [1.165, 1.54) is 7.11 Å². The molecule has 1 aliphatic rings. The van der Waals surface area contributed by atoms with E-state index < -0.39 is 5.54 Å². The zero-order valence-corrected chi connectivity index (χ0v) is 12.1. The van der Waals surface area contributed by atoms with Crippen molar-refractivity contribution in [2.24, 2.45) is 5.73 Å². The van der Waals surface area contributed by atoms with Gasteiger partial charge < -0.3 is 15.4 Å². The Labute approximate surface area is 110 Å². The second-order valence-electron chi connectivity index (χ2n) is 5.44. The minimum Gasteiger partial charge on any atom is -0.468 e. The number of likely N-dealkylation sites (N-methyl/N-ethyl adjacent to an activating group) is 1. The summed E-state index contributed by atoms with van der Waals surface area (Å²) in [4.78, 5) is 16.3. The average molecular weight is 257 g/mol. The first kappa shape index (κ1) is 15.4. The smallest absolute Gasteiger partial charge is 0.325 e. The third-order valence-electron chi connectivity index (χ3n) is 3.85. The Hall–Kier alpha value is -0.650. The topological polar surface area (TPSA) is 58.8 Å². The molecule has 0 aromatic carbocycles. The number of methoxy groups -OCH3 is 1. The third kappa shape index (κ3) is 3.93. The van der Waals surface area contributed by atoms with Crippen molar-refractivity contribution in [2.45, 2.75) is 38.8 Å². The number of carbonyl (C=O) groups excluding carboxylic acids is 1. The summed E-state index contributed by atoms with van der Waals surface area (Å²) < 4.78 is 4.72. The molecule has 5 nitrogen and oxygen atoms in total. The largest absolute Gasteiger partial charge is 0.468 e. The Bertz CT molecular complexity index is 281. The first-order valence-electron chi connectivity index (χ1n) is 6.74. The molecule has 0 spiro atoms. The Kier molecular flexibility index (Phi) is 5.56. The molecule has 2 N–H and O–H groups in total. The SMILES string of the molecule is CCN1CCN(CCC(C)(N)C(=O)OC)CC1C. The maximum atomic E-state index is 11.5. The van der Waals surface area contributed by atoms with Crippen molar-refractivity contribution in [2.75, 3.05) is 39.8 Å². The predicted octanol–water partition coefficient (Wildman–Crippen LogP) is 0.293. The van der Waals surface area contributed by atoms with Gasteiger partial charge in [0.2, 0.25) is 0 Å². The summed E-state index contributed by atoms with van der Waals surface area (Å²) >= 11 is 0. The van der Waals surface area contributed by atoms with Crippen LogP contribution in [0.15, 0.2) is 0 Å². The molecule has 5 heteroatoms. The lowest BCUT2D eigenvalue weighted by Gasteiger charge is -2.40. The number of hydrogen-bond acceptors (Lipinski definition) is 5. The van der Waals surface area contributed by atoms with Crippen LogP contribution in [0.2, 0.25) is 0 Å². The van der Waals surface area contributed by atoms with E-state index in [2.05, 4.69) is 23.6 Å². The first-order chi connectivity index (χ1) is 8.40. The van der Waals surface area contributed by atoms with E-state index in [9.17, 15) is 4.79 Å². The van der Waals surface area contributed by atoms with Crippen LogP contribution in [0.3, 0.4) is 0 Å². The van der Waals surface area contributed by atoms with Crippen LogP contribution in [0.1, 0.15) is 27.2 Å². The van der Waals surface area contributed by atoms with Crippen molar-refractivity contribution < 1.29 is 9.53 Å². The fourth-order valence-corrected chi connectivity index (χ4v) is 2.47. The minimum atomic E-state index is -0.875. The lowest BCUT2D eigenvalue weighted by atomic mass is 9.99. The van der Waals surface area contributed by atoms with Crippen LogP contribution in [0.25, 0.3) is 0 Å². The van der Waals surface area contributed by atoms with Gasteiger partial charge in [-0.15, -0.1) is 0 Å². The standard InChI is InChI=1S/C13H27N3O2/c1-5-16-9-8-15(10-11(16)2)7-6-13(3,14)12(17)18-4/h11H,5-10,14H2,1-4H3. The average Bonchev–Trinajstić information content (AvgIpc) is 2.35. The first-order valence-corrected chi connectivity index (χ1v) is 6.74. The van der Waals surface area contributed by atoms with Gasteiger partial charge in [-0.2, -0.15) is 0 Å². The van der Waals surface area contributed by atoms with Crippen molar-refractivity contribution >= 4 is 5.97 Å². The van der Waals surface area contributed by atoms with Gasteiger partial charge in [-0.3, -0.25) is 9.69 Å². The molecule has 0 saturated carbocycles. The van der Waals surface area contributed by atoms with Crippen molar-refractivity contribution in [3.05, 3.63) is 0 Å². The van der Waals surface area contributed by atoms with Gasteiger partial charge in [0, 0.05) is 32.2 Å². The number of nitrogens with two attached hydrogens (primary N) is 1.